The molecule has 0 heterocycles. The van der Waals surface area contributed by atoms with Gasteiger partial charge >= 0.3 is 0 Å². The monoisotopic (exact) mass is 302 g/mol. The number of carbonyl (C=O) groups is 3. The van der Waals surface area contributed by atoms with Crippen molar-refractivity contribution in [1.29, 1.82) is 0 Å². The molecule has 4 saturated carbocycles. The Morgan fingerprint density at radius 3 is 2.55 bits per heavy atom. The van der Waals surface area contributed by atoms with Crippen molar-refractivity contribution in [2.45, 2.75) is 65.2 Å². The maximum absolute atomic E-state index is 13.0. The highest BCUT2D eigenvalue weighted by Gasteiger charge is 2.63. The van der Waals surface area contributed by atoms with Crippen LogP contribution in [0.1, 0.15) is 65.2 Å². The van der Waals surface area contributed by atoms with Gasteiger partial charge in [-0.3, -0.25) is 14.4 Å². The molecule has 0 spiro atoms. The fourth-order valence-corrected chi connectivity index (χ4v) is 6.64. The Balaban J connectivity index is 1.72. The summed E-state index contributed by atoms with van der Waals surface area (Å²) in [6, 6.07) is 0. The van der Waals surface area contributed by atoms with E-state index in [2.05, 4.69) is 6.92 Å². The lowest BCUT2D eigenvalue weighted by molar-refractivity contribution is -0.161. The summed E-state index contributed by atoms with van der Waals surface area (Å²) in [5.74, 6) is 2.29. The molecule has 0 aromatic heterocycles. The molecule has 0 aromatic carbocycles. The zero-order valence-electron chi connectivity index (χ0n) is 13.7. The molecule has 0 N–H and O–H groups in total. The van der Waals surface area contributed by atoms with Crippen LogP contribution in [0.2, 0.25) is 0 Å². The van der Waals surface area contributed by atoms with Gasteiger partial charge in [0.15, 0.2) is 0 Å². The van der Waals surface area contributed by atoms with Gasteiger partial charge in [0, 0.05) is 37.0 Å². The summed E-state index contributed by atoms with van der Waals surface area (Å²) in [5, 5.41) is 0. The van der Waals surface area contributed by atoms with E-state index in [4.69, 9.17) is 0 Å². The molecule has 0 amide bonds. The van der Waals surface area contributed by atoms with E-state index in [9.17, 15) is 14.4 Å². The van der Waals surface area contributed by atoms with Gasteiger partial charge in [-0.25, -0.2) is 0 Å². The van der Waals surface area contributed by atoms with Gasteiger partial charge in [0.05, 0.1) is 0 Å². The maximum Gasteiger partial charge on any atom is 0.139 e. The zero-order chi connectivity index (χ0) is 15.7. The third-order valence-electron chi connectivity index (χ3n) is 7.88. The second-order valence-corrected chi connectivity index (χ2v) is 8.79. The Hall–Kier alpha value is -0.990. The van der Waals surface area contributed by atoms with E-state index in [0.717, 1.165) is 25.7 Å². The van der Waals surface area contributed by atoms with Crippen LogP contribution in [0, 0.1) is 34.5 Å². The topological polar surface area (TPSA) is 51.2 Å². The number of hydrogen-bond donors (Lipinski definition) is 0. The van der Waals surface area contributed by atoms with Crippen LogP contribution in [0.3, 0.4) is 0 Å². The molecule has 0 aromatic rings. The van der Waals surface area contributed by atoms with E-state index in [1.807, 2.05) is 6.92 Å². The van der Waals surface area contributed by atoms with Crippen molar-refractivity contribution >= 4 is 17.3 Å². The Kier molecular flexibility index (Phi) is 3.00. The van der Waals surface area contributed by atoms with Gasteiger partial charge < -0.3 is 0 Å². The molecular weight excluding hydrogens is 276 g/mol. The van der Waals surface area contributed by atoms with Crippen molar-refractivity contribution in [3.63, 3.8) is 0 Å². The van der Waals surface area contributed by atoms with Crippen LogP contribution < -0.4 is 0 Å². The van der Waals surface area contributed by atoms with Crippen LogP contribution in [-0.2, 0) is 14.4 Å². The van der Waals surface area contributed by atoms with E-state index in [0.29, 0.717) is 60.8 Å². The molecule has 0 saturated heterocycles. The SMILES string of the molecule is C[C@]12CCC(=O)C[C@@H]1CC[C@H]1[C@H]2C(=O)C[C@]2(C)C(=O)CC[C@@H]12. The summed E-state index contributed by atoms with van der Waals surface area (Å²) in [5.41, 5.74) is -0.382. The van der Waals surface area contributed by atoms with E-state index in [-0.39, 0.29) is 16.7 Å². The fraction of sp³-hybridized carbons (Fsp3) is 0.842. The molecule has 4 aliphatic rings. The molecule has 120 valence electrons. The number of carbonyl (C=O) groups excluding carboxylic acids is 3. The highest BCUT2D eigenvalue weighted by Crippen LogP contribution is 2.64. The summed E-state index contributed by atoms with van der Waals surface area (Å²) in [6.45, 7) is 4.30. The molecule has 4 aliphatic carbocycles. The molecule has 3 heteroatoms. The van der Waals surface area contributed by atoms with Gasteiger partial charge in [-0.1, -0.05) is 13.8 Å². The van der Waals surface area contributed by atoms with Crippen molar-refractivity contribution in [2.75, 3.05) is 0 Å². The lowest BCUT2D eigenvalue weighted by Gasteiger charge is -2.58. The van der Waals surface area contributed by atoms with Gasteiger partial charge in [-0.2, -0.15) is 0 Å². The number of fused-ring (bicyclic) bond motifs is 5. The Morgan fingerprint density at radius 1 is 1.00 bits per heavy atom. The predicted molar refractivity (Wildman–Crippen MR) is 82.1 cm³/mol. The van der Waals surface area contributed by atoms with E-state index in [1.54, 1.807) is 0 Å². The van der Waals surface area contributed by atoms with Crippen molar-refractivity contribution in [2.24, 2.45) is 34.5 Å². The Morgan fingerprint density at radius 2 is 1.77 bits per heavy atom. The first-order valence-electron chi connectivity index (χ1n) is 8.94. The highest BCUT2D eigenvalue weighted by atomic mass is 16.1. The molecule has 4 fully saturated rings. The minimum atomic E-state index is -0.383. The van der Waals surface area contributed by atoms with Gasteiger partial charge in [-0.05, 0) is 48.9 Å². The molecule has 0 radical (unpaired) electrons. The molecule has 0 bridgehead atoms. The Labute approximate surface area is 132 Å². The predicted octanol–water partition coefficient (Wildman–Crippen LogP) is 3.35. The number of Topliss-reactive ketones (excluding diaryl/α,β-unsaturated/α-hetero) is 3. The second kappa shape index (κ2) is 4.52. The third kappa shape index (κ3) is 1.71. The van der Waals surface area contributed by atoms with Gasteiger partial charge in [0.25, 0.3) is 0 Å². The summed E-state index contributed by atoms with van der Waals surface area (Å²) in [6.07, 6.45) is 6.39. The molecule has 0 unspecified atom stereocenters. The number of ketones is 3. The average Bonchev–Trinajstić information content (AvgIpc) is 2.75. The van der Waals surface area contributed by atoms with E-state index < -0.39 is 0 Å². The van der Waals surface area contributed by atoms with Crippen LogP contribution in [0.25, 0.3) is 0 Å². The fourth-order valence-electron chi connectivity index (χ4n) is 6.64. The van der Waals surface area contributed by atoms with Crippen LogP contribution in [0.15, 0.2) is 0 Å². The lowest BCUT2D eigenvalue weighted by Crippen LogP contribution is -2.57. The molecule has 6 atom stereocenters. The van der Waals surface area contributed by atoms with Crippen LogP contribution in [0.4, 0.5) is 0 Å². The zero-order valence-corrected chi connectivity index (χ0v) is 13.7. The summed E-state index contributed by atoms with van der Waals surface area (Å²) >= 11 is 0. The van der Waals surface area contributed by atoms with E-state index >= 15 is 0 Å². The smallest absolute Gasteiger partial charge is 0.139 e. The highest BCUT2D eigenvalue weighted by molar-refractivity contribution is 5.95. The summed E-state index contributed by atoms with van der Waals surface area (Å²) in [7, 11) is 0. The molecule has 0 aliphatic heterocycles. The van der Waals surface area contributed by atoms with Crippen LogP contribution >= 0.6 is 0 Å². The molecule has 3 nitrogen and oxygen atoms in total. The van der Waals surface area contributed by atoms with Crippen molar-refractivity contribution < 1.29 is 14.4 Å². The summed E-state index contributed by atoms with van der Waals surface area (Å²) < 4.78 is 0. The van der Waals surface area contributed by atoms with Gasteiger partial charge in [0.2, 0.25) is 0 Å². The first kappa shape index (κ1) is 14.6. The largest absolute Gasteiger partial charge is 0.300 e. The first-order valence-corrected chi connectivity index (χ1v) is 8.94. The molecular formula is C19H26O3. The average molecular weight is 302 g/mol. The van der Waals surface area contributed by atoms with Crippen molar-refractivity contribution in [3.8, 4) is 0 Å². The minimum absolute atomic E-state index is 0.000871. The van der Waals surface area contributed by atoms with Gasteiger partial charge in [-0.15, -0.1) is 0 Å². The third-order valence-corrected chi connectivity index (χ3v) is 7.88. The lowest BCUT2D eigenvalue weighted by atomic mass is 9.45. The van der Waals surface area contributed by atoms with Crippen molar-refractivity contribution in [1.82, 2.24) is 0 Å². The standard InChI is InChI=1S/C19H26O3/c1-18-8-7-12(20)9-11(18)3-4-13-14-5-6-16(22)19(14,2)10-15(21)17(13)18/h11,13-14,17H,3-10H2,1-2H3/t11-,13+,14-,17-,18-,19-/m0/s1. The minimum Gasteiger partial charge on any atom is -0.300 e. The quantitative estimate of drug-likeness (QED) is 0.689. The van der Waals surface area contributed by atoms with Crippen LogP contribution in [0.5, 0.6) is 0 Å². The maximum atomic E-state index is 13.0. The molecule has 4 rings (SSSR count). The first-order chi connectivity index (χ1) is 10.4. The molecule has 22 heavy (non-hydrogen) atoms. The van der Waals surface area contributed by atoms with Crippen molar-refractivity contribution in [3.05, 3.63) is 0 Å². The van der Waals surface area contributed by atoms with E-state index in [1.165, 1.54) is 0 Å². The number of hydrogen-bond acceptors (Lipinski definition) is 3. The second-order valence-electron chi connectivity index (χ2n) is 8.79. The number of rotatable bonds is 0. The van der Waals surface area contributed by atoms with Gasteiger partial charge in [0.1, 0.15) is 17.3 Å². The summed E-state index contributed by atoms with van der Waals surface area (Å²) in [4.78, 5) is 37.2. The Bertz CT molecular complexity index is 565. The van der Waals surface area contributed by atoms with Crippen LogP contribution in [-0.4, -0.2) is 17.3 Å². The normalized spacial score (nSPS) is 51.3.